The second-order valence-electron chi connectivity index (χ2n) is 3.73. The van der Waals surface area contributed by atoms with E-state index in [1.54, 1.807) is 0 Å². The number of methoxy groups -OCH3 is 1. The Morgan fingerprint density at radius 2 is 2.17 bits per heavy atom. The van der Waals surface area contributed by atoms with Crippen molar-refractivity contribution in [1.82, 2.24) is 5.23 Å². The summed E-state index contributed by atoms with van der Waals surface area (Å²) in [5.41, 5.74) is 0.942. The highest BCUT2D eigenvalue weighted by Crippen LogP contribution is 2.07. The molecule has 0 aliphatic rings. The van der Waals surface area contributed by atoms with E-state index in [9.17, 15) is 14.7 Å². The quantitative estimate of drug-likeness (QED) is 0.387. The van der Waals surface area contributed by atoms with Crippen LogP contribution in [0, 0.1) is 0 Å². The highest BCUT2D eigenvalue weighted by atomic mass is 16.5. The van der Waals surface area contributed by atoms with Crippen molar-refractivity contribution in [2.24, 2.45) is 0 Å². The van der Waals surface area contributed by atoms with E-state index >= 15 is 0 Å². The van der Waals surface area contributed by atoms with Gasteiger partial charge in [-0.05, 0) is 12.0 Å². The number of hydrogen-bond acceptors (Lipinski definition) is 5. The zero-order valence-electron chi connectivity index (χ0n) is 10.1. The Balaban J connectivity index is 2.71. The third-order valence-corrected chi connectivity index (χ3v) is 2.50. The minimum Gasteiger partial charge on any atom is -0.467 e. The third kappa shape index (κ3) is 4.31. The van der Waals surface area contributed by atoms with Crippen molar-refractivity contribution in [3.05, 3.63) is 35.9 Å². The standard InChI is InChI=1S/C12H15BNO4/c1-18-12(17)11(16)10(14-13-8-15)7-9-5-3-2-4-6-9/h2-6,8,10-11,14,16H,7H2,1H3. The molecule has 0 saturated heterocycles. The Morgan fingerprint density at radius 3 is 2.72 bits per heavy atom. The minimum atomic E-state index is -1.33. The van der Waals surface area contributed by atoms with Crippen LogP contribution in [-0.2, 0) is 20.7 Å². The molecular formula is C12H15BNO4. The molecule has 0 aliphatic heterocycles. The van der Waals surface area contributed by atoms with Gasteiger partial charge in [0.15, 0.2) is 6.10 Å². The van der Waals surface area contributed by atoms with Crippen molar-refractivity contribution >= 4 is 19.6 Å². The van der Waals surface area contributed by atoms with Crippen LogP contribution >= 0.6 is 0 Å². The van der Waals surface area contributed by atoms with E-state index in [-0.39, 0.29) is 0 Å². The number of ether oxygens (including phenoxy) is 1. The van der Waals surface area contributed by atoms with Gasteiger partial charge in [-0.3, -0.25) is 0 Å². The molecule has 2 N–H and O–H groups in total. The maximum atomic E-state index is 11.3. The van der Waals surface area contributed by atoms with Crippen LogP contribution in [-0.4, -0.2) is 43.9 Å². The van der Waals surface area contributed by atoms with Crippen LogP contribution in [0.5, 0.6) is 0 Å². The van der Waals surface area contributed by atoms with Gasteiger partial charge in [0.2, 0.25) is 0 Å². The van der Waals surface area contributed by atoms with Crippen molar-refractivity contribution in [3.63, 3.8) is 0 Å². The molecule has 1 aromatic rings. The molecule has 0 bridgehead atoms. The molecule has 2 atom stereocenters. The lowest BCUT2D eigenvalue weighted by atomic mass is 9.91. The molecule has 0 fully saturated rings. The van der Waals surface area contributed by atoms with Gasteiger partial charge in [0.1, 0.15) is 0 Å². The van der Waals surface area contributed by atoms with Crippen molar-refractivity contribution in [2.45, 2.75) is 18.6 Å². The maximum Gasteiger partial charge on any atom is 0.336 e. The molecule has 1 aromatic carbocycles. The number of esters is 1. The van der Waals surface area contributed by atoms with E-state index in [2.05, 4.69) is 9.96 Å². The molecule has 0 amide bonds. The minimum absolute atomic E-state index is 0.404. The maximum absolute atomic E-state index is 11.3. The Kier molecular flexibility index (Phi) is 6.11. The van der Waals surface area contributed by atoms with E-state index in [0.29, 0.717) is 12.6 Å². The lowest BCUT2D eigenvalue weighted by Crippen LogP contribution is -2.48. The van der Waals surface area contributed by atoms with Crippen molar-refractivity contribution in [2.75, 3.05) is 7.11 Å². The molecule has 1 radical (unpaired) electrons. The molecule has 0 aliphatic carbocycles. The largest absolute Gasteiger partial charge is 0.467 e. The lowest BCUT2D eigenvalue weighted by molar-refractivity contribution is -0.151. The van der Waals surface area contributed by atoms with Gasteiger partial charge in [-0.25, -0.2) is 4.79 Å². The van der Waals surface area contributed by atoms with Crippen LogP contribution in [0.2, 0.25) is 0 Å². The van der Waals surface area contributed by atoms with Crippen LogP contribution < -0.4 is 5.23 Å². The SMILES string of the molecule is COC(=O)C(O)C(Cc1ccccc1)N[B]C=O. The predicted molar refractivity (Wildman–Crippen MR) is 67.6 cm³/mol. The fourth-order valence-electron chi connectivity index (χ4n) is 1.58. The molecule has 95 valence electrons. The number of rotatable bonds is 7. The molecule has 0 saturated carbocycles. The monoisotopic (exact) mass is 248 g/mol. The highest BCUT2D eigenvalue weighted by molar-refractivity contribution is 6.64. The number of carbonyl (C=O) groups excluding carboxylic acids is 2. The van der Waals surface area contributed by atoms with E-state index in [1.807, 2.05) is 30.3 Å². The smallest absolute Gasteiger partial charge is 0.336 e. The van der Waals surface area contributed by atoms with Gasteiger partial charge in [-0.15, -0.1) is 0 Å². The van der Waals surface area contributed by atoms with Gasteiger partial charge in [0.25, 0.3) is 7.41 Å². The second-order valence-corrected chi connectivity index (χ2v) is 3.73. The Labute approximate surface area is 106 Å². The zero-order valence-corrected chi connectivity index (χ0v) is 10.1. The summed E-state index contributed by atoms with van der Waals surface area (Å²) in [7, 11) is 2.36. The number of benzene rings is 1. The molecule has 1 rings (SSSR count). The van der Waals surface area contributed by atoms with Gasteiger partial charge >= 0.3 is 5.97 Å². The van der Waals surface area contributed by atoms with Crippen LogP contribution in [0.15, 0.2) is 30.3 Å². The summed E-state index contributed by atoms with van der Waals surface area (Å²) in [6, 6.07) is 8.74. The number of aliphatic hydroxyl groups is 1. The normalized spacial score (nSPS) is 13.4. The van der Waals surface area contributed by atoms with E-state index in [1.165, 1.54) is 7.11 Å². The molecule has 6 heteroatoms. The van der Waals surface area contributed by atoms with Crippen LogP contribution in [0.1, 0.15) is 5.56 Å². The molecule has 0 aromatic heterocycles. The first-order valence-electron chi connectivity index (χ1n) is 5.52. The summed E-state index contributed by atoms with van der Waals surface area (Å²) in [6.07, 6.45) is -0.366. The highest BCUT2D eigenvalue weighted by Gasteiger charge is 2.26. The summed E-state index contributed by atoms with van der Waals surface area (Å²) in [6.45, 7) is 0. The molecule has 18 heavy (non-hydrogen) atoms. The fourth-order valence-corrected chi connectivity index (χ4v) is 1.58. The number of hydrogen-bond donors (Lipinski definition) is 2. The van der Waals surface area contributed by atoms with Crippen molar-refractivity contribution in [1.29, 1.82) is 0 Å². The van der Waals surface area contributed by atoms with Gasteiger partial charge in [0.05, 0.1) is 13.3 Å². The third-order valence-electron chi connectivity index (χ3n) is 2.50. The van der Waals surface area contributed by atoms with Gasteiger partial charge in [-0.2, -0.15) is 0 Å². The molecular weight excluding hydrogens is 233 g/mol. The Morgan fingerprint density at radius 1 is 1.50 bits per heavy atom. The number of aliphatic hydroxyl groups excluding tert-OH is 1. The van der Waals surface area contributed by atoms with E-state index in [4.69, 9.17) is 0 Å². The lowest BCUT2D eigenvalue weighted by Gasteiger charge is -2.21. The van der Waals surface area contributed by atoms with Gasteiger partial charge < -0.3 is 19.9 Å². The van der Waals surface area contributed by atoms with E-state index in [0.717, 1.165) is 13.0 Å². The van der Waals surface area contributed by atoms with E-state index < -0.39 is 18.1 Å². The predicted octanol–water partition coefficient (Wildman–Crippen LogP) is -0.469. The fraction of sp³-hybridized carbons (Fsp3) is 0.333. The van der Waals surface area contributed by atoms with Crippen molar-refractivity contribution < 1.29 is 19.4 Å². The Bertz CT molecular complexity index is 385. The van der Waals surface area contributed by atoms with Gasteiger partial charge in [0, 0.05) is 6.04 Å². The van der Waals surface area contributed by atoms with Crippen LogP contribution in [0.25, 0.3) is 0 Å². The molecule has 2 unspecified atom stereocenters. The van der Waals surface area contributed by atoms with Crippen LogP contribution in [0.3, 0.4) is 0 Å². The first kappa shape index (κ1) is 14.4. The average Bonchev–Trinajstić information content (AvgIpc) is 2.42. The number of nitrogens with one attached hydrogen (secondary N) is 1. The molecule has 0 spiro atoms. The van der Waals surface area contributed by atoms with Gasteiger partial charge in [-0.1, -0.05) is 30.3 Å². The first-order chi connectivity index (χ1) is 8.69. The second kappa shape index (κ2) is 7.63. The zero-order chi connectivity index (χ0) is 13.4. The summed E-state index contributed by atoms with van der Waals surface area (Å²) in [5.74, 6) is -0.734. The van der Waals surface area contributed by atoms with Crippen LogP contribution in [0.4, 0.5) is 0 Å². The number of carbonyl (C=O) groups is 2. The summed E-state index contributed by atoms with van der Waals surface area (Å²) >= 11 is 0. The molecule has 0 heterocycles. The summed E-state index contributed by atoms with van der Waals surface area (Å²) < 4.78 is 4.48. The first-order valence-corrected chi connectivity index (χ1v) is 5.52. The topological polar surface area (TPSA) is 75.6 Å². The van der Waals surface area contributed by atoms with Crippen molar-refractivity contribution in [3.8, 4) is 0 Å². The average molecular weight is 248 g/mol. The molecule has 5 nitrogen and oxygen atoms in total. The summed E-state index contributed by atoms with van der Waals surface area (Å²) in [5, 5.41) is 12.5. The Hall–Kier alpha value is -1.66. The summed E-state index contributed by atoms with van der Waals surface area (Å²) in [4.78, 5) is 21.6.